The topological polar surface area (TPSA) is 102 Å². The molecular formula is C12H18N4O4. The van der Waals surface area contributed by atoms with Crippen LogP contribution in [-0.4, -0.2) is 46.3 Å². The number of aliphatic hydroxyl groups is 1. The van der Waals surface area contributed by atoms with Gasteiger partial charge >= 0.3 is 5.69 Å². The molecule has 0 aliphatic carbocycles. The summed E-state index contributed by atoms with van der Waals surface area (Å²) in [5, 5.41) is 20.4. The number of aliphatic hydroxyl groups excluding tert-OH is 1. The zero-order valence-corrected chi connectivity index (χ0v) is 11.4. The summed E-state index contributed by atoms with van der Waals surface area (Å²) in [6.07, 6.45) is 4.74. The average molecular weight is 282 g/mol. The highest BCUT2D eigenvalue weighted by molar-refractivity contribution is 5.63. The van der Waals surface area contributed by atoms with Gasteiger partial charge in [-0.05, 0) is 25.7 Å². The van der Waals surface area contributed by atoms with Crippen LogP contribution in [0.3, 0.4) is 0 Å². The fraction of sp³-hybridized carbons (Fsp3) is 0.667. The van der Waals surface area contributed by atoms with Crippen LogP contribution in [-0.2, 0) is 0 Å². The molecule has 0 aromatic carbocycles. The van der Waals surface area contributed by atoms with E-state index >= 15 is 0 Å². The molecule has 1 atom stereocenters. The van der Waals surface area contributed by atoms with Crippen molar-refractivity contribution in [3.63, 3.8) is 0 Å². The number of aromatic nitrogens is 2. The van der Waals surface area contributed by atoms with Gasteiger partial charge in [0.15, 0.2) is 0 Å². The zero-order valence-electron chi connectivity index (χ0n) is 11.4. The van der Waals surface area contributed by atoms with Crippen molar-refractivity contribution in [1.82, 2.24) is 9.97 Å². The number of nitrogens with zero attached hydrogens (tertiary/aromatic N) is 4. The number of ether oxygens (including phenoxy) is 1. The molecule has 0 saturated carbocycles. The van der Waals surface area contributed by atoms with Gasteiger partial charge in [-0.2, -0.15) is 4.98 Å². The number of rotatable bonds is 5. The Morgan fingerprint density at radius 3 is 3.00 bits per heavy atom. The molecular weight excluding hydrogens is 264 g/mol. The highest BCUT2D eigenvalue weighted by Gasteiger charge is 2.32. The molecule has 0 amide bonds. The molecule has 1 aliphatic rings. The molecule has 1 aliphatic heterocycles. The van der Waals surface area contributed by atoms with Gasteiger partial charge in [0.25, 0.3) is 5.88 Å². The van der Waals surface area contributed by atoms with Gasteiger partial charge in [-0.25, -0.2) is 4.98 Å². The third-order valence-electron chi connectivity index (χ3n) is 3.51. The fourth-order valence-corrected chi connectivity index (χ4v) is 2.60. The maximum absolute atomic E-state index is 11.3. The lowest BCUT2D eigenvalue weighted by Gasteiger charge is -2.35. The molecule has 8 heteroatoms. The number of hydrogen-bond acceptors (Lipinski definition) is 7. The van der Waals surface area contributed by atoms with E-state index in [9.17, 15) is 10.1 Å². The summed E-state index contributed by atoms with van der Waals surface area (Å²) in [5.74, 6) is 0.244. The smallest absolute Gasteiger partial charge is 0.372 e. The van der Waals surface area contributed by atoms with Crippen LogP contribution in [0.15, 0.2) is 6.33 Å². The Morgan fingerprint density at radius 2 is 2.35 bits per heavy atom. The Kier molecular flexibility index (Phi) is 4.67. The lowest BCUT2D eigenvalue weighted by atomic mass is 9.99. The van der Waals surface area contributed by atoms with Crippen molar-refractivity contribution in [3.8, 4) is 5.88 Å². The van der Waals surface area contributed by atoms with E-state index in [-0.39, 0.29) is 30.0 Å². The molecule has 1 fully saturated rings. The maximum atomic E-state index is 11.3. The van der Waals surface area contributed by atoms with Gasteiger partial charge in [-0.1, -0.05) is 0 Å². The molecule has 1 aromatic heterocycles. The van der Waals surface area contributed by atoms with E-state index in [0.717, 1.165) is 19.3 Å². The van der Waals surface area contributed by atoms with E-state index in [4.69, 9.17) is 9.84 Å². The highest BCUT2D eigenvalue weighted by atomic mass is 16.6. The van der Waals surface area contributed by atoms with Crippen LogP contribution >= 0.6 is 0 Å². The summed E-state index contributed by atoms with van der Waals surface area (Å²) in [6.45, 7) is 0.739. The molecule has 1 saturated heterocycles. The maximum Gasteiger partial charge on any atom is 0.372 e. The number of piperidine rings is 1. The zero-order chi connectivity index (χ0) is 14.5. The molecule has 8 nitrogen and oxygen atoms in total. The molecule has 1 unspecified atom stereocenters. The largest absolute Gasteiger partial charge is 0.476 e. The normalized spacial score (nSPS) is 18.9. The first kappa shape index (κ1) is 14.4. The number of methoxy groups -OCH3 is 1. The third-order valence-corrected chi connectivity index (χ3v) is 3.51. The van der Waals surface area contributed by atoms with Crippen molar-refractivity contribution in [2.45, 2.75) is 31.7 Å². The van der Waals surface area contributed by atoms with Crippen LogP contribution in [0, 0.1) is 10.1 Å². The molecule has 0 radical (unpaired) electrons. The third kappa shape index (κ3) is 2.79. The molecule has 0 bridgehead atoms. The van der Waals surface area contributed by atoms with Crippen molar-refractivity contribution < 1.29 is 14.8 Å². The summed E-state index contributed by atoms with van der Waals surface area (Å²) in [6, 6.07) is 0.0621. The minimum Gasteiger partial charge on any atom is -0.476 e. The molecule has 110 valence electrons. The van der Waals surface area contributed by atoms with Gasteiger partial charge < -0.3 is 14.7 Å². The first-order valence-electron chi connectivity index (χ1n) is 6.60. The quantitative estimate of drug-likeness (QED) is 0.638. The van der Waals surface area contributed by atoms with Gasteiger partial charge in [0, 0.05) is 19.2 Å². The van der Waals surface area contributed by atoms with Gasteiger partial charge in [0.05, 0.1) is 12.0 Å². The van der Waals surface area contributed by atoms with Crippen molar-refractivity contribution in [3.05, 3.63) is 16.4 Å². The lowest BCUT2D eigenvalue weighted by Crippen LogP contribution is -2.41. The number of nitro groups is 1. The van der Waals surface area contributed by atoms with E-state index in [1.807, 2.05) is 4.90 Å². The molecule has 1 N–H and O–H groups in total. The van der Waals surface area contributed by atoms with Crippen LogP contribution in [0.25, 0.3) is 0 Å². The Balaban J connectivity index is 2.41. The van der Waals surface area contributed by atoms with Crippen molar-refractivity contribution in [2.75, 3.05) is 25.2 Å². The summed E-state index contributed by atoms with van der Waals surface area (Å²) in [5.41, 5.74) is -0.208. The molecule has 1 aromatic rings. The van der Waals surface area contributed by atoms with Gasteiger partial charge in [-0.3, -0.25) is 10.1 Å². The predicted octanol–water partition coefficient (Wildman–Crippen LogP) is 1.13. The minimum atomic E-state index is -0.515. The van der Waals surface area contributed by atoms with E-state index in [1.54, 1.807) is 0 Å². The predicted molar refractivity (Wildman–Crippen MR) is 71.9 cm³/mol. The number of anilines is 1. The van der Waals surface area contributed by atoms with Gasteiger partial charge in [-0.15, -0.1) is 0 Å². The average Bonchev–Trinajstić information content (AvgIpc) is 2.47. The standard InChI is InChI=1S/C12H18N4O4/c1-20-12-10(16(18)19)11(13-8-14-12)15-6-3-2-4-9(15)5-7-17/h8-9,17H,2-7H2,1H3. The Bertz CT molecular complexity index is 481. The summed E-state index contributed by atoms with van der Waals surface area (Å²) >= 11 is 0. The van der Waals surface area contributed by atoms with Crippen LogP contribution < -0.4 is 9.64 Å². The summed E-state index contributed by atoms with van der Waals surface area (Å²) < 4.78 is 4.96. The summed E-state index contributed by atoms with van der Waals surface area (Å²) in [7, 11) is 1.35. The van der Waals surface area contributed by atoms with Gasteiger partial charge in [0.1, 0.15) is 6.33 Å². The minimum absolute atomic E-state index is 0.0340. The van der Waals surface area contributed by atoms with Crippen LogP contribution in [0.5, 0.6) is 5.88 Å². The Labute approximate surface area is 116 Å². The van der Waals surface area contributed by atoms with Crippen molar-refractivity contribution >= 4 is 11.5 Å². The van der Waals surface area contributed by atoms with Crippen LogP contribution in [0.4, 0.5) is 11.5 Å². The number of hydrogen-bond donors (Lipinski definition) is 1. The second-order valence-corrected chi connectivity index (χ2v) is 4.67. The highest BCUT2D eigenvalue weighted by Crippen LogP contribution is 2.36. The second kappa shape index (κ2) is 6.47. The second-order valence-electron chi connectivity index (χ2n) is 4.67. The fourth-order valence-electron chi connectivity index (χ4n) is 2.60. The first-order chi connectivity index (χ1) is 9.69. The summed E-state index contributed by atoms with van der Waals surface area (Å²) in [4.78, 5) is 20.5. The van der Waals surface area contributed by atoms with E-state index in [1.165, 1.54) is 13.4 Å². The van der Waals surface area contributed by atoms with E-state index < -0.39 is 4.92 Å². The van der Waals surface area contributed by atoms with Crippen molar-refractivity contribution in [1.29, 1.82) is 0 Å². The van der Waals surface area contributed by atoms with Gasteiger partial charge in [0.2, 0.25) is 5.82 Å². The molecule has 20 heavy (non-hydrogen) atoms. The lowest BCUT2D eigenvalue weighted by molar-refractivity contribution is -0.385. The van der Waals surface area contributed by atoms with Crippen LogP contribution in [0.2, 0.25) is 0 Å². The first-order valence-corrected chi connectivity index (χ1v) is 6.60. The molecule has 2 heterocycles. The SMILES string of the molecule is COc1ncnc(N2CCCCC2CCO)c1[N+](=O)[O-]. The molecule has 0 spiro atoms. The van der Waals surface area contributed by atoms with Crippen LogP contribution in [0.1, 0.15) is 25.7 Å². The monoisotopic (exact) mass is 282 g/mol. The van der Waals surface area contributed by atoms with E-state index in [0.29, 0.717) is 13.0 Å². The Hall–Kier alpha value is -1.96. The van der Waals surface area contributed by atoms with E-state index in [2.05, 4.69) is 9.97 Å². The van der Waals surface area contributed by atoms with Crippen molar-refractivity contribution in [2.24, 2.45) is 0 Å². The molecule has 2 rings (SSSR count). The Morgan fingerprint density at radius 1 is 1.55 bits per heavy atom.